The lowest BCUT2D eigenvalue weighted by Crippen LogP contribution is -2.37. The Labute approximate surface area is 194 Å². The second kappa shape index (κ2) is 9.63. The Morgan fingerprint density at radius 3 is 2.38 bits per heavy atom. The number of amides is 2. The fourth-order valence-electron chi connectivity index (χ4n) is 3.68. The van der Waals surface area contributed by atoms with E-state index < -0.39 is 0 Å². The van der Waals surface area contributed by atoms with E-state index in [1.54, 1.807) is 12.1 Å². The summed E-state index contributed by atoms with van der Waals surface area (Å²) in [6, 6.07) is 16.1. The molecule has 172 valence electrons. The van der Waals surface area contributed by atoms with Crippen LogP contribution in [-0.2, 0) is 16.1 Å². The van der Waals surface area contributed by atoms with E-state index in [0.29, 0.717) is 60.5 Å². The summed E-state index contributed by atoms with van der Waals surface area (Å²) in [5.41, 5.74) is 3.12. The number of benzene rings is 2. The van der Waals surface area contributed by atoms with Crippen molar-refractivity contribution in [3.05, 3.63) is 54.6 Å². The normalized spacial score (nSPS) is 13.6. The van der Waals surface area contributed by atoms with E-state index in [9.17, 15) is 9.59 Å². The van der Waals surface area contributed by atoms with Crippen LogP contribution in [0.4, 0.5) is 22.0 Å². The van der Waals surface area contributed by atoms with Crippen molar-refractivity contribution in [3.63, 3.8) is 0 Å². The number of nitrogens with zero attached hydrogens (tertiary/aromatic N) is 6. The van der Waals surface area contributed by atoms with E-state index in [1.807, 2.05) is 42.5 Å². The highest BCUT2D eigenvalue weighted by molar-refractivity contribution is 5.99. The van der Waals surface area contributed by atoms with Gasteiger partial charge in [-0.25, -0.2) is 19.4 Å². The monoisotopic (exact) mass is 458 g/mol. The number of para-hydroxylation sites is 1. The van der Waals surface area contributed by atoms with Crippen molar-refractivity contribution in [1.29, 1.82) is 0 Å². The molecule has 0 spiro atoms. The van der Waals surface area contributed by atoms with Gasteiger partial charge in [0.25, 0.3) is 0 Å². The first-order valence-corrected chi connectivity index (χ1v) is 10.8. The number of morpholine rings is 1. The maximum atomic E-state index is 12.3. The predicted molar refractivity (Wildman–Crippen MR) is 127 cm³/mol. The minimum absolute atomic E-state index is 0.0505. The Morgan fingerprint density at radius 2 is 1.68 bits per heavy atom. The van der Waals surface area contributed by atoms with Crippen LogP contribution in [0.2, 0.25) is 0 Å². The fourth-order valence-corrected chi connectivity index (χ4v) is 3.68. The molecule has 2 aromatic heterocycles. The molecule has 5 rings (SSSR count). The number of ether oxygens (including phenoxy) is 1. The van der Waals surface area contributed by atoms with Gasteiger partial charge in [-0.15, -0.1) is 5.10 Å². The van der Waals surface area contributed by atoms with Crippen molar-refractivity contribution in [2.45, 2.75) is 6.54 Å². The lowest BCUT2D eigenvalue weighted by molar-refractivity contribution is -0.108. The average Bonchev–Trinajstić information content (AvgIpc) is 3.28. The highest BCUT2D eigenvalue weighted by Gasteiger charge is 2.22. The van der Waals surface area contributed by atoms with Crippen LogP contribution in [-0.4, -0.2) is 63.6 Å². The number of hydrogen-bond donors (Lipinski definition) is 2. The molecule has 1 aliphatic heterocycles. The van der Waals surface area contributed by atoms with Crippen molar-refractivity contribution in [2.75, 3.05) is 41.8 Å². The summed E-state index contributed by atoms with van der Waals surface area (Å²) in [5.74, 6) is 1.13. The molecule has 0 unspecified atom stereocenters. The van der Waals surface area contributed by atoms with E-state index in [0.717, 1.165) is 11.8 Å². The summed E-state index contributed by atoms with van der Waals surface area (Å²) < 4.78 is 6.92. The standard InChI is InChI=1S/C23H22N8O3/c32-13-10-31-22-19(28-29-31)21(30-11-14-34-15-12-30)26-20(27-22)16-6-8-18(9-7-16)25-23(33)24-17-4-2-1-3-5-17/h1-9,13H,10-12,14-15H2,(H2,24,25,33). The van der Waals surface area contributed by atoms with Gasteiger partial charge < -0.3 is 25.1 Å². The highest BCUT2D eigenvalue weighted by Crippen LogP contribution is 2.27. The van der Waals surface area contributed by atoms with Crippen LogP contribution in [0, 0.1) is 0 Å². The molecule has 1 saturated heterocycles. The van der Waals surface area contributed by atoms with Crippen LogP contribution in [0.3, 0.4) is 0 Å². The third kappa shape index (κ3) is 4.55. The van der Waals surface area contributed by atoms with E-state index in [1.165, 1.54) is 4.68 Å². The zero-order valence-corrected chi connectivity index (χ0v) is 18.2. The molecule has 1 aliphatic rings. The van der Waals surface area contributed by atoms with Crippen LogP contribution in [0.1, 0.15) is 0 Å². The Morgan fingerprint density at radius 1 is 0.971 bits per heavy atom. The molecule has 4 aromatic rings. The van der Waals surface area contributed by atoms with Gasteiger partial charge in [0.05, 0.1) is 13.2 Å². The van der Waals surface area contributed by atoms with Gasteiger partial charge in [-0.05, 0) is 36.4 Å². The maximum Gasteiger partial charge on any atom is 0.323 e. The first kappa shape index (κ1) is 21.5. The number of rotatable bonds is 6. The molecule has 3 heterocycles. The first-order valence-electron chi connectivity index (χ1n) is 10.8. The molecule has 0 radical (unpaired) electrons. The smallest absolute Gasteiger partial charge is 0.323 e. The summed E-state index contributed by atoms with van der Waals surface area (Å²) in [7, 11) is 0. The van der Waals surface area contributed by atoms with Crippen LogP contribution < -0.4 is 15.5 Å². The predicted octanol–water partition coefficient (Wildman–Crippen LogP) is 2.57. The lowest BCUT2D eigenvalue weighted by Gasteiger charge is -2.27. The zero-order valence-electron chi connectivity index (χ0n) is 18.2. The number of hydrogen-bond acceptors (Lipinski definition) is 8. The number of carbonyl (C=O) groups excluding carboxylic acids is 2. The molecule has 0 aliphatic carbocycles. The van der Waals surface area contributed by atoms with Crippen molar-refractivity contribution in [3.8, 4) is 11.4 Å². The van der Waals surface area contributed by atoms with Gasteiger partial charge >= 0.3 is 6.03 Å². The molecule has 2 N–H and O–H groups in total. The number of anilines is 3. The van der Waals surface area contributed by atoms with Gasteiger partial charge in [0.2, 0.25) is 0 Å². The summed E-state index contributed by atoms with van der Waals surface area (Å²) in [5, 5.41) is 13.9. The fraction of sp³-hybridized carbons (Fsp3) is 0.217. The molecule has 0 bridgehead atoms. The Bertz CT molecular complexity index is 1300. The Balaban J connectivity index is 1.42. The van der Waals surface area contributed by atoms with E-state index in [4.69, 9.17) is 9.72 Å². The second-order valence-corrected chi connectivity index (χ2v) is 7.60. The molecule has 0 saturated carbocycles. The van der Waals surface area contributed by atoms with Crippen LogP contribution in [0.25, 0.3) is 22.6 Å². The molecule has 11 nitrogen and oxygen atoms in total. The van der Waals surface area contributed by atoms with Crippen LogP contribution in [0.15, 0.2) is 54.6 Å². The highest BCUT2D eigenvalue weighted by atomic mass is 16.5. The van der Waals surface area contributed by atoms with Gasteiger partial charge in [-0.3, -0.25) is 0 Å². The topological polar surface area (TPSA) is 127 Å². The third-order valence-corrected chi connectivity index (χ3v) is 5.34. The SMILES string of the molecule is O=CCn1nnc2c(N3CCOCC3)nc(-c3ccc(NC(=O)Nc4ccccc4)cc3)nc21. The maximum absolute atomic E-state index is 12.3. The molecule has 2 amide bonds. The summed E-state index contributed by atoms with van der Waals surface area (Å²) in [6.45, 7) is 2.58. The lowest BCUT2D eigenvalue weighted by atomic mass is 10.2. The molecular weight excluding hydrogens is 436 g/mol. The number of aldehydes is 1. The summed E-state index contributed by atoms with van der Waals surface area (Å²) >= 11 is 0. The zero-order chi connectivity index (χ0) is 23.3. The molecule has 34 heavy (non-hydrogen) atoms. The van der Waals surface area contributed by atoms with Gasteiger partial charge in [-0.1, -0.05) is 23.4 Å². The van der Waals surface area contributed by atoms with Gasteiger partial charge in [0.15, 0.2) is 22.8 Å². The van der Waals surface area contributed by atoms with Crippen molar-refractivity contribution in [2.24, 2.45) is 0 Å². The van der Waals surface area contributed by atoms with E-state index >= 15 is 0 Å². The molecular formula is C23H22N8O3. The average molecular weight is 458 g/mol. The Hall–Kier alpha value is -4.38. The van der Waals surface area contributed by atoms with Gasteiger partial charge in [0.1, 0.15) is 12.8 Å². The molecule has 2 aromatic carbocycles. The number of urea groups is 1. The molecule has 1 fully saturated rings. The van der Waals surface area contributed by atoms with E-state index in [2.05, 4.69) is 30.8 Å². The Kier molecular flexibility index (Phi) is 6.08. The number of aromatic nitrogens is 5. The summed E-state index contributed by atoms with van der Waals surface area (Å²) in [6.07, 6.45) is 0.755. The number of fused-ring (bicyclic) bond motifs is 1. The largest absolute Gasteiger partial charge is 0.378 e. The summed E-state index contributed by atoms with van der Waals surface area (Å²) in [4.78, 5) is 34.9. The van der Waals surface area contributed by atoms with Crippen LogP contribution >= 0.6 is 0 Å². The van der Waals surface area contributed by atoms with Gasteiger partial charge in [-0.2, -0.15) is 0 Å². The number of carbonyl (C=O) groups is 2. The minimum atomic E-state index is -0.338. The first-order chi connectivity index (χ1) is 16.7. The van der Waals surface area contributed by atoms with Crippen molar-refractivity contribution >= 4 is 40.7 Å². The molecule has 0 atom stereocenters. The third-order valence-electron chi connectivity index (χ3n) is 5.34. The second-order valence-electron chi connectivity index (χ2n) is 7.60. The van der Waals surface area contributed by atoms with E-state index in [-0.39, 0.29) is 12.6 Å². The quantitative estimate of drug-likeness (QED) is 0.422. The minimum Gasteiger partial charge on any atom is -0.378 e. The van der Waals surface area contributed by atoms with Crippen LogP contribution in [0.5, 0.6) is 0 Å². The van der Waals surface area contributed by atoms with Gasteiger partial charge in [0, 0.05) is 30.0 Å². The van der Waals surface area contributed by atoms with Crippen molar-refractivity contribution in [1.82, 2.24) is 25.0 Å². The van der Waals surface area contributed by atoms with Crippen molar-refractivity contribution < 1.29 is 14.3 Å². The molecule has 11 heteroatoms. The number of nitrogens with one attached hydrogen (secondary N) is 2.